The Morgan fingerprint density at radius 3 is 2.67 bits per heavy atom. The molecule has 0 atom stereocenters. The van der Waals surface area contributed by atoms with Gasteiger partial charge in [0.15, 0.2) is 5.13 Å². The van der Waals surface area contributed by atoms with Crippen LogP contribution in [0.4, 0.5) is 9.93 Å². The van der Waals surface area contributed by atoms with Crippen molar-refractivity contribution in [3.63, 3.8) is 0 Å². The van der Waals surface area contributed by atoms with E-state index in [0.717, 1.165) is 28.6 Å². The van der Waals surface area contributed by atoms with E-state index in [9.17, 15) is 9.59 Å². The van der Waals surface area contributed by atoms with Crippen molar-refractivity contribution in [3.05, 3.63) is 47.5 Å². The van der Waals surface area contributed by atoms with Crippen LogP contribution in [0.3, 0.4) is 0 Å². The van der Waals surface area contributed by atoms with E-state index in [0.29, 0.717) is 48.4 Å². The van der Waals surface area contributed by atoms with Crippen LogP contribution in [-0.4, -0.2) is 55.8 Å². The normalized spacial score (nSPS) is 14.3. The first-order chi connectivity index (χ1) is 16.0. The summed E-state index contributed by atoms with van der Waals surface area (Å²) in [6, 6.07) is 10.8. The van der Waals surface area contributed by atoms with Crippen molar-refractivity contribution in [1.29, 1.82) is 0 Å². The molecule has 8 nitrogen and oxygen atoms in total. The van der Waals surface area contributed by atoms with Crippen molar-refractivity contribution in [2.24, 2.45) is 0 Å². The molecule has 3 aromatic rings. The van der Waals surface area contributed by atoms with Crippen LogP contribution in [-0.2, 0) is 11.3 Å². The van der Waals surface area contributed by atoms with E-state index in [1.165, 1.54) is 11.3 Å². The lowest BCUT2D eigenvalue weighted by atomic mass is 10.1. The van der Waals surface area contributed by atoms with Gasteiger partial charge in [-0.25, -0.2) is 14.6 Å². The number of esters is 1. The van der Waals surface area contributed by atoms with Gasteiger partial charge in [0.1, 0.15) is 11.5 Å². The smallest absolute Gasteiger partial charge is 0.338 e. The number of aromatic nitrogens is 1. The lowest BCUT2D eigenvalue weighted by molar-refractivity contribution is 0.0526. The second-order valence-electron chi connectivity index (χ2n) is 7.64. The molecule has 2 aromatic carbocycles. The van der Waals surface area contributed by atoms with Gasteiger partial charge in [0.2, 0.25) is 0 Å². The molecular weight excluding hydrogens is 442 g/mol. The first-order valence-electron chi connectivity index (χ1n) is 10.9. The highest BCUT2D eigenvalue weighted by molar-refractivity contribution is 7.22. The van der Waals surface area contributed by atoms with Gasteiger partial charge in [-0.1, -0.05) is 11.3 Å². The van der Waals surface area contributed by atoms with E-state index >= 15 is 0 Å². The average Bonchev–Trinajstić information content (AvgIpc) is 3.17. The molecule has 33 heavy (non-hydrogen) atoms. The molecule has 9 heteroatoms. The zero-order valence-electron chi connectivity index (χ0n) is 19.0. The maximum atomic E-state index is 13.5. The number of carbonyl (C=O) groups is 2. The Hall–Kier alpha value is -3.33. The van der Waals surface area contributed by atoms with Gasteiger partial charge in [-0.15, -0.1) is 0 Å². The Labute approximate surface area is 196 Å². The van der Waals surface area contributed by atoms with Crippen molar-refractivity contribution in [1.82, 2.24) is 9.88 Å². The lowest BCUT2D eigenvalue weighted by Gasteiger charge is -2.26. The third kappa shape index (κ3) is 4.88. The van der Waals surface area contributed by atoms with E-state index in [-0.39, 0.29) is 12.0 Å². The fraction of sp³-hybridized carbons (Fsp3) is 0.375. The number of urea groups is 1. The number of thiazole rings is 1. The molecule has 1 aromatic heterocycles. The van der Waals surface area contributed by atoms with E-state index in [1.54, 1.807) is 44.2 Å². The topological polar surface area (TPSA) is 81.2 Å². The van der Waals surface area contributed by atoms with Crippen LogP contribution in [0.25, 0.3) is 10.2 Å². The molecule has 2 heterocycles. The van der Waals surface area contributed by atoms with Gasteiger partial charge in [-0.05, 0) is 50.1 Å². The monoisotopic (exact) mass is 469 g/mol. The number of hydrogen-bond donors (Lipinski definition) is 0. The van der Waals surface area contributed by atoms with Crippen molar-refractivity contribution >= 4 is 38.7 Å². The lowest BCUT2D eigenvalue weighted by Crippen LogP contribution is -2.41. The van der Waals surface area contributed by atoms with Crippen molar-refractivity contribution in [2.75, 3.05) is 38.8 Å². The molecule has 0 saturated carbocycles. The van der Waals surface area contributed by atoms with Crippen LogP contribution in [0.1, 0.15) is 35.7 Å². The molecule has 2 amide bonds. The summed E-state index contributed by atoms with van der Waals surface area (Å²) >= 11 is 1.41. The molecule has 1 aliphatic rings. The zero-order chi connectivity index (χ0) is 23.4. The summed E-state index contributed by atoms with van der Waals surface area (Å²) in [4.78, 5) is 33.8. The minimum atomic E-state index is -0.361. The van der Waals surface area contributed by atoms with E-state index in [4.69, 9.17) is 14.2 Å². The zero-order valence-corrected chi connectivity index (χ0v) is 19.8. The highest BCUT2D eigenvalue weighted by atomic mass is 32.1. The van der Waals surface area contributed by atoms with Crippen LogP contribution >= 0.6 is 11.3 Å². The molecule has 0 bridgehead atoms. The van der Waals surface area contributed by atoms with Crippen LogP contribution in [0, 0.1) is 0 Å². The number of amides is 2. The highest BCUT2D eigenvalue weighted by Gasteiger charge is 2.28. The number of fused-ring (bicyclic) bond motifs is 1. The fourth-order valence-corrected chi connectivity index (χ4v) is 4.84. The number of nitrogens with zero attached hydrogens (tertiary/aromatic N) is 3. The number of methoxy groups -OCH3 is 2. The second kappa shape index (κ2) is 10.1. The van der Waals surface area contributed by atoms with Gasteiger partial charge >= 0.3 is 12.0 Å². The summed E-state index contributed by atoms with van der Waals surface area (Å²) in [5.41, 5.74) is 2.15. The quantitative estimate of drug-likeness (QED) is 0.466. The molecule has 1 fully saturated rings. The average molecular weight is 470 g/mol. The first kappa shape index (κ1) is 22.8. The van der Waals surface area contributed by atoms with E-state index in [2.05, 4.69) is 4.98 Å². The molecule has 0 radical (unpaired) electrons. The maximum absolute atomic E-state index is 13.5. The Balaban J connectivity index is 1.59. The number of ether oxygens (including phenoxy) is 3. The number of carbonyl (C=O) groups excluding carboxylic acids is 2. The Morgan fingerprint density at radius 2 is 1.91 bits per heavy atom. The molecule has 1 aliphatic heterocycles. The number of anilines is 1. The Kier molecular flexibility index (Phi) is 6.98. The van der Waals surface area contributed by atoms with Gasteiger partial charge in [0.25, 0.3) is 0 Å². The standard InChI is InChI=1S/C24H27N3O5S/c1-4-32-22(28)16-8-10-19-21(13-16)33-23(25-19)27-12-6-5-11-26(24(27)29)15-17-7-9-18(30-2)14-20(17)31-3/h7-10,13-14H,4-6,11-12,15H2,1-3H3. The number of rotatable bonds is 7. The van der Waals surface area contributed by atoms with Gasteiger partial charge in [0.05, 0.1) is 43.2 Å². The SMILES string of the molecule is CCOC(=O)c1ccc2nc(N3CCCCN(Cc4ccc(OC)cc4OC)C3=O)sc2c1. The van der Waals surface area contributed by atoms with Crippen LogP contribution < -0.4 is 14.4 Å². The van der Waals surface area contributed by atoms with Gasteiger partial charge in [-0.3, -0.25) is 4.90 Å². The third-order valence-corrected chi connectivity index (χ3v) is 6.58. The van der Waals surface area contributed by atoms with Crippen LogP contribution in [0.15, 0.2) is 36.4 Å². The fourth-order valence-electron chi connectivity index (χ4n) is 3.82. The van der Waals surface area contributed by atoms with Crippen LogP contribution in [0.2, 0.25) is 0 Å². The van der Waals surface area contributed by atoms with Gasteiger partial charge in [-0.2, -0.15) is 0 Å². The van der Waals surface area contributed by atoms with E-state index < -0.39 is 0 Å². The summed E-state index contributed by atoms with van der Waals surface area (Å²) in [7, 11) is 3.22. The van der Waals surface area contributed by atoms with Gasteiger partial charge < -0.3 is 19.1 Å². The Morgan fingerprint density at radius 1 is 1.09 bits per heavy atom. The molecule has 0 unspecified atom stereocenters. The highest BCUT2D eigenvalue weighted by Crippen LogP contribution is 2.32. The molecular formula is C24H27N3O5S. The summed E-state index contributed by atoms with van der Waals surface area (Å²) in [6.45, 7) is 3.78. The Bertz CT molecular complexity index is 1160. The van der Waals surface area contributed by atoms with Crippen molar-refractivity contribution in [2.45, 2.75) is 26.3 Å². The minimum absolute atomic E-state index is 0.0879. The minimum Gasteiger partial charge on any atom is -0.497 e. The summed E-state index contributed by atoms with van der Waals surface area (Å²) in [6.07, 6.45) is 1.78. The van der Waals surface area contributed by atoms with Crippen LogP contribution in [0.5, 0.6) is 11.5 Å². The number of hydrogen-bond acceptors (Lipinski definition) is 7. The summed E-state index contributed by atoms with van der Waals surface area (Å²) in [5.74, 6) is 1.03. The van der Waals surface area contributed by atoms with Gasteiger partial charge in [0, 0.05) is 24.7 Å². The largest absolute Gasteiger partial charge is 0.497 e. The number of benzene rings is 2. The first-order valence-corrected chi connectivity index (χ1v) is 11.7. The summed E-state index contributed by atoms with van der Waals surface area (Å²) < 4.78 is 16.7. The molecule has 174 valence electrons. The summed E-state index contributed by atoms with van der Waals surface area (Å²) in [5, 5.41) is 0.629. The van der Waals surface area contributed by atoms with E-state index in [1.807, 2.05) is 23.1 Å². The molecule has 0 aliphatic carbocycles. The van der Waals surface area contributed by atoms with Crippen molar-refractivity contribution < 1.29 is 23.8 Å². The predicted molar refractivity (Wildman–Crippen MR) is 128 cm³/mol. The molecule has 0 spiro atoms. The van der Waals surface area contributed by atoms with Crippen molar-refractivity contribution in [3.8, 4) is 11.5 Å². The molecule has 0 N–H and O–H groups in total. The molecule has 1 saturated heterocycles. The predicted octanol–water partition coefficient (Wildman–Crippen LogP) is 4.71. The third-order valence-electron chi connectivity index (χ3n) is 5.54. The second-order valence-corrected chi connectivity index (χ2v) is 8.65. The molecule has 4 rings (SSSR count). The maximum Gasteiger partial charge on any atom is 0.338 e.